The fourth-order valence-corrected chi connectivity index (χ4v) is 5.47. The average Bonchev–Trinajstić information content (AvgIpc) is 3.01. The first-order chi connectivity index (χ1) is 21.3. The molecule has 0 saturated heterocycles. The number of unbranched alkanes of at least 4 members (excludes halogenated alkanes) is 15. The Balaban J connectivity index is 1.96. The number of carbonyl (C=O) groups excluding carboxylic acids is 2. The lowest BCUT2D eigenvalue weighted by Gasteiger charge is -2.16. The van der Waals surface area contributed by atoms with Crippen molar-refractivity contribution in [2.75, 3.05) is 40.0 Å². The Kier molecular flexibility index (Phi) is 23.3. The quantitative estimate of drug-likeness (QED) is 0.0749. The van der Waals surface area contributed by atoms with Crippen LogP contribution in [0.1, 0.15) is 115 Å². The molecular weight excluding hydrogens is 584 g/mol. The first-order valence-corrected chi connectivity index (χ1v) is 18.0. The average molecular weight is 643 g/mol. The molecule has 0 bridgehead atoms. The summed E-state index contributed by atoms with van der Waals surface area (Å²) >= 11 is 0. The number of carbonyl (C=O) groups is 2. The molecule has 254 valence electrons. The van der Waals surface area contributed by atoms with Crippen LogP contribution in [0.4, 0.5) is 9.59 Å². The molecule has 0 spiro atoms. The summed E-state index contributed by atoms with van der Waals surface area (Å²) in [6.45, 7) is 4.13. The number of hydrogen-bond acceptors (Lipinski definition) is 8. The maximum absolute atomic E-state index is 12.2. The van der Waals surface area contributed by atoms with Crippen molar-refractivity contribution in [1.82, 2.24) is 10.6 Å². The van der Waals surface area contributed by atoms with Gasteiger partial charge in [-0.15, -0.1) is 0 Å². The van der Waals surface area contributed by atoms with Crippen LogP contribution in [-0.4, -0.2) is 66.7 Å². The van der Waals surface area contributed by atoms with E-state index in [-0.39, 0.29) is 31.3 Å². The molecule has 0 aliphatic heterocycles. The van der Waals surface area contributed by atoms with Gasteiger partial charge in [0.1, 0.15) is 19.3 Å². The molecule has 2 N–H and O–H groups in total. The van der Waals surface area contributed by atoms with Crippen LogP contribution >= 0.6 is 0 Å². The third-order valence-electron chi connectivity index (χ3n) is 7.35. The number of benzene rings is 1. The molecule has 1 rings (SSSR count). The summed E-state index contributed by atoms with van der Waals surface area (Å²) in [5.74, 6) is 0. The van der Waals surface area contributed by atoms with Crippen LogP contribution in [0.5, 0.6) is 0 Å². The van der Waals surface area contributed by atoms with Crippen molar-refractivity contribution in [3.63, 3.8) is 0 Å². The maximum Gasteiger partial charge on any atom is 0.407 e. The first kappa shape index (κ1) is 39.7. The standard InChI is InChI=1S/C33H58N2O8S/c1-4-5-6-7-8-9-10-11-12-13-14-15-16-17-18-19-24-34-32(36)41-27-30(40-3)28-42-33(37)35-25-26-43-44(38,39)31-22-20-29(2)21-23-31/h20-23,30H,4-19,24-28H2,1-3H3,(H,34,36)(H,35,37). The van der Waals surface area contributed by atoms with E-state index in [2.05, 4.69) is 17.6 Å². The third kappa shape index (κ3) is 21.4. The second-order valence-electron chi connectivity index (χ2n) is 11.3. The van der Waals surface area contributed by atoms with Crippen LogP contribution in [-0.2, 0) is 28.5 Å². The lowest BCUT2D eigenvalue weighted by molar-refractivity contribution is -0.00456. The minimum atomic E-state index is -3.91. The van der Waals surface area contributed by atoms with Gasteiger partial charge in [-0.25, -0.2) is 9.59 Å². The summed E-state index contributed by atoms with van der Waals surface area (Å²) in [5.41, 5.74) is 0.930. The van der Waals surface area contributed by atoms with E-state index >= 15 is 0 Å². The highest BCUT2D eigenvalue weighted by molar-refractivity contribution is 7.86. The molecule has 0 radical (unpaired) electrons. The van der Waals surface area contributed by atoms with Gasteiger partial charge in [0.05, 0.1) is 11.5 Å². The Morgan fingerprint density at radius 3 is 1.57 bits per heavy atom. The Morgan fingerprint density at radius 2 is 1.11 bits per heavy atom. The molecule has 11 heteroatoms. The topological polar surface area (TPSA) is 129 Å². The molecule has 1 aromatic rings. The van der Waals surface area contributed by atoms with Gasteiger partial charge in [-0.3, -0.25) is 4.18 Å². The van der Waals surface area contributed by atoms with E-state index < -0.39 is 28.4 Å². The molecule has 2 amide bonds. The van der Waals surface area contributed by atoms with Gasteiger partial charge in [0.25, 0.3) is 10.1 Å². The minimum Gasteiger partial charge on any atom is -0.447 e. The van der Waals surface area contributed by atoms with Crippen molar-refractivity contribution < 1.29 is 36.4 Å². The number of amides is 2. The Hall–Kier alpha value is -2.37. The van der Waals surface area contributed by atoms with Crippen LogP contribution in [0.2, 0.25) is 0 Å². The molecule has 1 unspecified atom stereocenters. The Bertz CT molecular complexity index is 973. The van der Waals surface area contributed by atoms with Gasteiger partial charge in [-0.2, -0.15) is 8.42 Å². The van der Waals surface area contributed by atoms with E-state index in [1.165, 1.54) is 109 Å². The highest BCUT2D eigenvalue weighted by atomic mass is 32.2. The molecule has 0 aliphatic carbocycles. The molecule has 10 nitrogen and oxygen atoms in total. The molecule has 1 aromatic carbocycles. The van der Waals surface area contributed by atoms with Gasteiger partial charge in [0.15, 0.2) is 0 Å². The number of nitrogens with one attached hydrogen (secondary N) is 2. The predicted molar refractivity (Wildman–Crippen MR) is 173 cm³/mol. The van der Waals surface area contributed by atoms with Crippen LogP contribution in [0.3, 0.4) is 0 Å². The van der Waals surface area contributed by atoms with Gasteiger partial charge in [0, 0.05) is 20.2 Å². The van der Waals surface area contributed by atoms with Crippen LogP contribution < -0.4 is 10.6 Å². The van der Waals surface area contributed by atoms with Gasteiger partial charge in [-0.05, 0) is 25.5 Å². The number of hydrogen-bond donors (Lipinski definition) is 2. The van der Waals surface area contributed by atoms with E-state index in [1.807, 2.05) is 6.92 Å². The number of alkyl carbamates (subject to hydrolysis) is 2. The van der Waals surface area contributed by atoms with E-state index in [9.17, 15) is 18.0 Å². The van der Waals surface area contributed by atoms with Crippen molar-refractivity contribution in [3.05, 3.63) is 29.8 Å². The van der Waals surface area contributed by atoms with E-state index in [0.717, 1.165) is 18.4 Å². The molecular formula is C33H58N2O8S. The summed E-state index contributed by atoms with van der Waals surface area (Å²) in [4.78, 5) is 23.9. The molecule has 1 atom stereocenters. The molecule has 0 heterocycles. The zero-order valence-electron chi connectivity index (χ0n) is 27.4. The number of ether oxygens (including phenoxy) is 3. The number of methoxy groups -OCH3 is 1. The van der Waals surface area contributed by atoms with Gasteiger partial charge in [-0.1, -0.05) is 121 Å². The van der Waals surface area contributed by atoms with Crippen molar-refractivity contribution in [1.29, 1.82) is 0 Å². The molecule has 0 aromatic heterocycles. The molecule has 44 heavy (non-hydrogen) atoms. The third-order valence-corrected chi connectivity index (χ3v) is 8.68. The van der Waals surface area contributed by atoms with Gasteiger partial charge in [0.2, 0.25) is 0 Å². The normalized spacial score (nSPS) is 12.1. The van der Waals surface area contributed by atoms with E-state index in [0.29, 0.717) is 6.54 Å². The molecule has 0 fully saturated rings. The minimum absolute atomic E-state index is 0.0441. The maximum atomic E-state index is 12.2. The van der Waals surface area contributed by atoms with Crippen LogP contribution in [0.25, 0.3) is 0 Å². The van der Waals surface area contributed by atoms with Crippen LogP contribution in [0, 0.1) is 6.92 Å². The SMILES string of the molecule is CCCCCCCCCCCCCCCCCCNC(=O)OCC(COC(=O)NCCOS(=O)(=O)c1ccc(C)cc1)OC. The Labute approximate surface area is 266 Å². The predicted octanol–water partition coefficient (Wildman–Crippen LogP) is 7.43. The lowest BCUT2D eigenvalue weighted by atomic mass is 10.0. The van der Waals surface area contributed by atoms with E-state index in [4.69, 9.17) is 18.4 Å². The smallest absolute Gasteiger partial charge is 0.407 e. The highest BCUT2D eigenvalue weighted by Gasteiger charge is 2.16. The summed E-state index contributed by atoms with van der Waals surface area (Å²) < 4.78 is 44.7. The Morgan fingerprint density at radius 1 is 0.682 bits per heavy atom. The second kappa shape index (κ2) is 25.9. The largest absolute Gasteiger partial charge is 0.447 e. The molecule has 0 aliphatic rings. The summed E-state index contributed by atoms with van der Waals surface area (Å²) in [6, 6.07) is 6.27. The first-order valence-electron chi connectivity index (χ1n) is 16.6. The van der Waals surface area contributed by atoms with Gasteiger partial charge >= 0.3 is 12.2 Å². The fraction of sp³-hybridized carbons (Fsp3) is 0.758. The van der Waals surface area contributed by atoms with Crippen molar-refractivity contribution in [2.24, 2.45) is 0 Å². The lowest BCUT2D eigenvalue weighted by Crippen LogP contribution is -2.34. The fourth-order valence-electron chi connectivity index (χ4n) is 4.56. The van der Waals surface area contributed by atoms with E-state index in [1.54, 1.807) is 12.1 Å². The molecule has 0 saturated carbocycles. The van der Waals surface area contributed by atoms with Crippen molar-refractivity contribution in [2.45, 2.75) is 128 Å². The zero-order chi connectivity index (χ0) is 32.3. The number of rotatable bonds is 27. The van der Waals surface area contributed by atoms with Crippen molar-refractivity contribution >= 4 is 22.3 Å². The van der Waals surface area contributed by atoms with Gasteiger partial charge < -0.3 is 24.8 Å². The highest BCUT2D eigenvalue weighted by Crippen LogP contribution is 2.14. The summed E-state index contributed by atoms with van der Waals surface area (Å²) in [7, 11) is -2.48. The second-order valence-corrected chi connectivity index (χ2v) is 12.9. The van der Waals surface area contributed by atoms with Crippen molar-refractivity contribution in [3.8, 4) is 0 Å². The van der Waals surface area contributed by atoms with Crippen LogP contribution in [0.15, 0.2) is 29.2 Å². The summed E-state index contributed by atoms with van der Waals surface area (Å²) in [5, 5.41) is 5.15. The summed E-state index contributed by atoms with van der Waals surface area (Å²) in [6.07, 6.45) is 18.9. The monoisotopic (exact) mass is 642 g/mol. The zero-order valence-corrected chi connectivity index (χ0v) is 28.2. The number of aryl methyl sites for hydroxylation is 1.